The molecule has 1 aromatic carbocycles. The van der Waals surface area contributed by atoms with E-state index in [1.807, 2.05) is 18.2 Å². The van der Waals surface area contributed by atoms with E-state index < -0.39 is 0 Å². The summed E-state index contributed by atoms with van der Waals surface area (Å²) in [6.45, 7) is 6.45. The largest absolute Gasteiger partial charge is 0.324 e. The lowest BCUT2D eigenvalue weighted by molar-refractivity contribution is -0.117. The molecule has 4 nitrogen and oxygen atoms in total. The molecular formula is C14H21Cl2N3O. The Balaban J connectivity index is 0.00000200. The Morgan fingerprint density at radius 1 is 1.35 bits per heavy atom. The summed E-state index contributed by atoms with van der Waals surface area (Å²) < 4.78 is 0. The predicted octanol–water partition coefficient (Wildman–Crippen LogP) is 2.38. The predicted molar refractivity (Wildman–Crippen MR) is 85.8 cm³/mol. The molecule has 2 N–H and O–H groups in total. The number of halogens is 2. The van der Waals surface area contributed by atoms with E-state index in [9.17, 15) is 4.79 Å². The summed E-state index contributed by atoms with van der Waals surface area (Å²) in [4.78, 5) is 14.2. The molecular weight excluding hydrogens is 297 g/mol. The highest BCUT2D eigenvalue weighted by Gasteiger charge is 2.22. The number of hydrogen-bond acceptors (Lipinski definition) is 3. The first-order chi connectivity index (χ1) is 9.04. The zero-order valence-corrected chi connectivity index (χ0v) is 13.3. The Morgan fingerprint density at radius 2 is 1.95 bits per heavy atom. The molecule has 2 rings (SSSR count). The number of amides is 1. The van der Waals surface area contributed by atoms with Crippen LogP contribution >= 0.6 is 24.0 Å². The smallest absolute Gasteiger partial charge is 0.238 e. The second-order valence-corrected chi connectivity index (χ2v) is 5.60. The third kappa shape index (κ3) is 4.94. The summed E-state index contributed by atoms with van der Waals surface area (Å²) >= 11 is 6.02. The normalized spacial score (nSPS) is 22.9. The first kappa shape index (κ1) is 17.2. The van der Waals surface area contributed by atoms with E-state index >= 15 is 0 Å². The molecule has 1 saturated heterocycles. The molecule has 2 unspecified atom stereocenters. The van der Waals surface area contributed by atoms with Crippen LogP contribution in [0.25, 0.3) is 0 Å². The lowest BCUT2D eigenvalue weighted by Gasteiger charge is -2.35. The number of anilines is 1. The highest BCUT2D eigenvalue weighted by molar-refractivity contribution is 6.33. The number of rotatable bonds is 3. The highest BCUT2D eigenvalue weighted by atomic mass is 35.5. The Bertz CT molecular complexity index is 446. The SMILES string of the molecule is CC1CN(CC(=O)Nc2ccccc2Cl)CC(C)N1.Cl. The minimum Gasteiger partial charge on any atom is -0.324 e. The van der Waals surface area contributed by atoms with Crippen molar-refractivity contribution < 1.29 is 4.79 Å². The van der Waals surface area contributed by atoms with Gasteiger partial charge in [0.2, 0.25) is 5.91 Å². The number of carbonyl (C=O) groups is 1. The van der Waals surface area contributed by atoms with Crippen LogP contribution in [0.5, 0.6) is 0 Å². The van der Waals surface area contributed by atoms with Gasteiger partial charge in [-0.05, 0) is 26.0 Å². The average Bonchev–Trinajstić information content (AvgIpc) is 2.30. The second-order valence-electron chi connectivity index (χ2n) is 5.19. The number of nitrogens with one attached hydrogen (secondary N) is 2. The topological polar surface area (TPSA) is 44.4 Å². The van der Waals surface area contributed by atoms with Crippen LogP contribution in [-0.2, 0) is 4.79 Å². The van der Waals surface area contributed by atoms with Gasteiger partial charge >= 0.3 is 0 Å². The lowest BCUT2D eigenvalue weighted by Crippen LogP contribution is -2.55. The number of piperazine rings is 1. The molecule has 0 radical (unpaired) electrons. The molecule has 1 heterocycles. The van der Waals surface area contributed by atoms with Crippen molar-refractivity contribution >= 4 is 35.6 Å². The van der Waals surface area contributed by atoms with Crippen LogP contribution in [0.3, 0.4) is 0 Å². The van der Waals surface area contributed by atoms with Crippen LogP contribution in [0.1, 0.15) is 13.8 Å². The van der Waals surface area contributed by atoms with Gasteiger partial charge in [0.1, 0.15) is 0 Å². The molecule has 1 amide bonds. The zero-order chi connectivity index (χ0) is 13.8. The van der Waals surface area contributed by atoms with Gasteiger partial charge in [0.25, 0.3) is 0 Å². The van der Waals surface area contributed by atoms with Crippen LogP contribution in [0.4, 0.5) is 5.69 Å². The summed E-state index contributed by atoms with van der Waals surface area (Å²) in [6.07, 6.45) is 0. The molecule has 1 aromatic rings. The van der Waals surface area contributed by atoms with Crippen molar-refractivity contribution in [1.82, 2.24) is 10.2 Å². The molecule has 1 aliphatic heterocycles. The van der Waals surface area contributed by atoms with Gasteiger partial charge < -0.3 is 10.6 Å². The van der Waals surface area contributed by atoms with Crippen LogP contribution in [0.2, 0.25) is 5.02 Å². The maximum atomic E-state index is 12.0. The van der Waals surface area contributed by atoms with Crippen molar-refractivity contribution in [3.05, 3.63) is 29.3 Å². The molecule has 1 fully saturated rings. The molecule has 0 aliphatic carbocycles. The van der Waals surface area contributed by atoms with E-state index in [4.69, 9.17) is 11.6 Å². The van der Waals surface area contributed by atoms with Gasteiger partial charge in [-0.15, -0.1) is 12.4 Å². The lowest BCUT2D eigenvalue weighted by atomic mass is 10.1. The minimum atomic E-state index is -0.0191. The van der Waals surface area contributed by atoms with Crippen LogP contribution < -0.4 is 10.6 Å². The molecule has 6 heteroatoms. The van der Waals surface area contributed by atoms with Crippen molar-refractivity contribution in [1.29, 1.82) is 0 Å². The third-order valence-electron chi connectivity index (χ3n) is 3.15. The number of carbonyl (C=O) groups excluding carboxylic acids is 1. The van der Waals surface area contributed by atoms with Gasteiger partial charge in [-0.3, -0.25) is 9.69 Å². The fraction of sp³-hybridized carbons (Fsp3) is 0.500. The van der Waals surface area contributed by atoms with Gasteiger partial charge in [0.15, 0.2) is 0 Å². The van der Waals surface area contributed by atoms with E-state index in [-0.39, 0.29) is 18.3 Å². The summed E-state index contributed by atoms with van der Waals surface area (Å²) in [5.74, 6) is -0.0191. The van der Waals surface area contributed by atoms with E-state index in [0.29, 0.717) is 29.3 Å². The van der Waals surface area contributed by atoms with E-state index in [2.05, 4.69) is 29.4 Å². The summed E-state index contributed by atoms with van der Waals surface area (Å²) in [5.41, 5.74) is 0.672. The fourth-order valence-electron chi connectivity index (χ4n) is 2.52. The van der Waals surface area contributed by atoms with Crippen LogP contribution in [-0.4, -0.2) is 42.5 Å². The maximum absolute atomic E-state index is 12.0. The van der Waals surface area contributed by atoms with Gasteiger partial charge in [-0.1, -0.05) is 23.7 Å². The zero-order valence-electron chi connectivity index (χ0n) is 11.7. The van der Waals surface area contributed by atoms with Gasteiger partial charge in [0.05, 0.1) is 17.3 Å². The Labute approximate surface area is 131 Å². The third-order valence-corrected chi connectivity index (χ3v) is 3.48. The van der Waals surface area contributed by atoms with E-state index in [0.717, 1.165) is 13.1 Å². The van der Waals surface area contributed by atoms with Crippen LogP contribution in [0, 0.1) is 0 Å². The fourth-order valence-corrected chi connectivity index (χ4v) is 2.71. The van der Waals surface area contributed by atoms with E-state index in [1.165, 1.54) is 0 Å². The Morgan fingerprint density at radius 3 is 2.55 bits per heavy atom. The van der Waals surface area contributed by atoms with Crippen LogP contribution in [0.15, 0.2) is 24.3 Å². The number of hydrogen-bond donors (Lipinski definition) is 2. The summed E-state index contributed by atoms with van der Waals surface area (Å²) in [6, 6.07) is 8.11. The quantitative estimate of drug-likeness (QED) is 0.899. The second kappa shape index (κ2) is 7.84. The Hall–Kier alpha value is -0.810. The summed E-state index contributed by atoms with van der Waals surface area (Å²) in [5, 5.41) is 6.87. The van der Waals surface area contributed by atoms with Crippen molar-refractivity contribution in [2.45, 2.75) is 25.9 Å². The maximum Gasteiger partial charge on any atom is 0.238 e. The van der Waals surface area contributed by atoms with Crippen molar-refractivity contribution in [2.24, 2.45) is 0 Å². The molecule has 2 atom stereocenters. The average molecular weight is 318 g/mol. The molecule has 1 aliphatic rings. The number of benzene rings is 1. The molecule has 112 valence electrons. The monoisotopic (exact) mass is 317 g/mol. The molecule has 0 bridgehead atoms. The Kier molecular flexibility index (Phi) is 6.76. The number of para-hydroxylation sites is 1. The van der Waals surface area contributed by atoms with Crippen molar-refractivity contribution in [3.63, 3.8) is 0 Å². The molecule has 0 saturated carbocycles. The van der Waals surface area contributed by atoms with E-state index in [1.54, 1.807) is 6.07 Å². The number of nitrogens with zero attached hydrogens (tertiary/aromatic N) is 1. The van der Waals surface area contributed by atoms with Crippen molar-refractivity contribution in [2.75, 3.05) is 25.0 Å². The molecule has 20 heavy (non-hydrogen) atoms. The van der Waals surface area contributed by atoms with Gasteiger partial charge in [-0.2, -0.15) is 0 Å². The first-order valence-corrected chi connectivity index (χ1v) is 6.95. The van der Waals surface area contributed by atoms with Gasteiger partial charge in [0, 0.05) is 25.2 Å². The molecule has 0 aromatic heterocycles. The minimum absolute atomic E-state index is 0. The first-order valence-electron chi connectivity index (χ1n) is 6.57. The summed E-state index contributed by atoms with van der Waals surface area (Å²) in [7, 11) is 0. The van der Waals surface area contributed by atoms with Crippen molar-refractivity contribution in [3.8, 4) is 0 Å². The standard InChI is InChI=1S/C14H20ClN3O.ClH/c1-10-7-18(8-11(2)16-10)9-14(19)17-13-6-4-3-5-12(13)15;/h3-6,10-11,16H,7-9H2,1-2H3,(H,17,19);1H. The van der Waals surface area contributed by atoms with Gasteiger partial charge in [-0.25, -0.2) is 0 Å². The molecule has 0 spiro atoms. The highest BCUT2D eigenvalue weighted by Crippen LogP contribution is 2.20.